The predicted octanol–water partition coefficient (Wildman–Crippen LogP) is 4.28. The summed E-state index contributed by atoms with van der Waals surface area (Å²) >= 11 is 0. The van der Waals surface area contributed by atoms with E-state index in [0.29, 0.717) is 11.1 Å². The van der Waals surface area contributed by atoms with Gasteiger partial charge in [-0.1, -0.05) is 48.5 Å². The molecule has 0 unspecified atom stereocenters. The maximum Gasteiger partial charge on any atom is 0.270 e. The normalized spacial score (nSPS) is 11.6. The molecule has 4 heteroatoms. The predicted molar refractivity (Wildman–Crippen MR) is 87.2 cm³/mol. The number of carbonyl (C=O) groups excluding carboxylic acids is 1. The van der Waals surface area contributed by atoms with Gasteiger partial charge in [-0.3, -0.25) is 14.9 Å². The molecule has 0 spiro atoms. The molecule has 0 radical (unpaired) electrons. The highest BCUT2D eigenvalue weighted by Gasteiger charge is 2.04. The lowest BCUT2D eigenvalue weighted by Gasteiger charge is -1.97. The van der Waals surface area contributed by atoms with E-state index >= 15 is 0 Å². The minimum Gasteiger partial charge on any atom is -0.290 e. The molecule has 110 valence electrons. The highest BCUT2D eigenvalue weighted by atomic mass is 16.6. The van der Waals surface area contributed by atoms with Crippen molar-refractivity contribution < 1.29 is 9.72 Å². The Bertz CT molecular complexity index is 746. The first-order valence-corrected chi connectivity index (χ1v) is 6.76. The zero-order valence-corrected chi connectivity index (χ0v) is 12.1. The number of nitrogens with zero attached hydrogens (tertiary/aromatic N) is 1. The number of allylic oxidation sites excluding steroid dienone is 2. The highest BCUT2D eigenvalue weighted by Crippen LogP contribution is 2.15. The molecule has 0 amide bonds. The SMILES string of the molecule is C/C(=C/c1ccccc1)C(=O)/C=C/c1cccc([N+](=O)[O-])c1. The van der Waals surface area contributed by atoms with Gasteiger partial charge in [0.1, 0.15) is 0 Å². The van der Waals surface area contributed by atoms with Gasteiger partial charge in [0.25, 0.3) is 5.69 Å². The van der Waals surface area contributed by atoms with Crippen LogP contribution in [0.2, 0.25) is 0 Å². The molecule has 0 aromatic heterocycles. The summed E-state index contributed by atoms with van der Waals surface area (Å²) < 4.78 is 0. The van der Waals surface area contributed by atoms with E-state index in [2.05, 4.69) is 0 Å². The lowest BCUT2D eigenvalue weighted by molar-refractivity contribution is -0.384. The molecular weight excluding hydrogens is 278 g/mol. The fourth-order valence-electron chi connectivity index (χ4n) is 1.92. The second kappa shape index (κ2) is 7.13. The van der Waals surface area contributed by atoms with E-state index < -0.39 is 4.92 Å². The van der Waals surface area contributed by atoms with Gasteiger partial charge in [-0.25, -0.2) is 0 Å². The molecule has 0 aliphatic rings. The molecule has 2 aromatic carbocycles. The van der Waals surface area contributed by atoms with E-state index in [0.717, 1.165) is 5.56 Å². The van der Waals surface area contributed by atoms with E-state index in [1.54, 1.807) is 31.2 Å². The van der Waals surface area contributed by atoms with Crippen molar-refractivity contribution in [2.75, 3.05) is 0 Å². The fraction of sp³-hybridized carbons (Fsp3) is 0.0556. The molecule has 0 heterocycles. The van der Waals surface area contributed by atoms with Crippen LogP contribution in [-0.4, -0.2) is 10.7 Å². The van der Waals surface area contributed by atoms with Gasteiger partial charge in [-0.05, 0) is 35.8 Å². The van der Waals surface area contributed by atoms with E-state index in [9.17, 15) is 14.9 Å². The van der Waals surface area contributed by atoms with Crippen molar-refractivity contribution >= 4 is 23.6 Å². The summed E-state index contributed by atoms with van der Waals surface area (Å²) in [5, 5.41) is 10.7. The Hall–Kier alpha value is -3.01. The first-order valence-electron chi connectivity index (χ1n) is 6.76. The van der Waals surface area contributed by atoms with Crippen LogP contribution in [0.25, 0.3) is 12.2 Å². The van der Waals surface area contributed by atoms with Crippen LogP contribution < -0.4 is 0 Å². The largest absolute Gasteiger partial charge is 0.290 e. The fourth-order valence-corrected chi connectivity index (χ4v) is 1.92. The number of hydrogen-bond acceptors (Lipinski definition) is 3. The number of carbonyl (C=O) groups is 1. The Labute approximate surface area is 128 Å². The Kier molecular flexibility index (Phi) is 4.98. The second-order valence-corrected chi connectivity index (χ2v) is 4.79. The monoisotopic (exact) mass is 293 g/mol. The second-order valence-electron chi connectivity index (χ2n) is 4.79. The van der Waals surface area contributed by atoms with E-state index in [1.807, 2.05) is 30.3 Å². The number of nitro benzene ring substituents is 1. The number of non-ortho nitro benzene ring substituents is 1. The standard InChI is InChI=1S/C18H15NO3/c1-14(12-15-6-3-2-4-7-15)18(20)11-10-16-8-5-9-17(13-16)19(21)22/h2-13H,1H3/b11-10+,14-12-. The Morgan fingerprint density at radius 2 is 1.73 bits per heavy atom. The van der Waals surface area contributed by atoms with Crippen LogP contribution in [0.3, 0.4) is 0 Å². The molecule has 0 saturated heterocycles. The van der Waals surface area contributed by atoms with Crippen LogP contribution in [0.4, 0.5) is 5.69 Å². The molecule has 0 aliphatic heterocycles. The summed E-state index contributed by atoms with van der Waals surface area (Å²) in [5.41, 5.74) is 2.19. The number of hydrogen-bond donors (Lipinski definition) is 0. The first kappa shape index (κ1) is 15.4. The smallest absolute Gasteiger partial charge is 0.270 e. The Balaban J connectivity index is 2.13. The molecule has 0 atom stereocenters. The van der Waals surface area contributed by atoms with Crippen molar-refractivity contribution in [1.29, 1.82) is 0 Å². The Morgan fingerprint density at radius 3 is 2.41 bits per heavy atom. The van der Waals surface area contributed by atoms with Gasteiger partial charge in [0.2, 0.25) is 0 Å². The lowest BCUT2D eigenvalue weighted by atomic mass is 10.1. The van der Waals surface area contributed by atoms with Crippen molar-refractivity contribution in [3.05, 3.63) is 87.5 Å². The third-order valence-electron chi connectivity index (χ3n) is 3.08. The van der Waals surface area contributed by atoms with Crippen molar-refractivity contribution in [3.63, 3.8) is 0 Å². The van der Waals surface area contributed by atoms with Crippen molar-refractivity contribution in [3.8, 4) is 0 Å². The van der Waals surface area contributed by atoms with Crippen LogP contribution in [0, 0.1) is 10.1 Å². The van der Waals surface area contributed by atoms with E-state index in [1.165, 1.54) is 18.2 Å². The summed E-state index contributed by atoms with van der Waals surface area (Å²) in [4.78, 5) is 22.3. The first-order chi connectivity index (χ1) is 10.6. The average molecular weight is 293 g/mol. The van der Waals surface area contributed by atoms with Gasteiger partial charge in [-0.2, -0.15) is 0 Å². The maximum absolute atomic E-state index is 12.1. The van der Waals surface area contributed by atoms with Gasteiger partial charge < -0.3 is 0 Å². The van der Waals surface area contributed by atoms with Crippen molar-refractivity contribution in [2.24, 2.45) is 0 Å². The molecule has 0 saturated carbocycles. The van der Waals surface area contributed by atoms with Crippen LogP contribution in [0.15, 0.2) is 66.2 Å². The minimum absolute atomic E-state index is 0.00569. The molecule has 2 aromatic rings. The lowest BCUT2D eigenvalue weighted by Crippen LogP contribution is -1.94. The summed E-state index contributed by atoms with van der Waals surface area (Å²) in [6, 6.07) is 15.7. The van der Waals surface area contributed by atoms with Crippen LogP contribution in [0.1, 0.15) is 18.1 Å². The van der Waals surface area contributed by atoms with Gasteiger partial charge in [0.05, 0.1) is 4.92 Å². The third kappa shape index (κ3) is 4.24. The van der Waals surface area contributed by atoms with Crippen LogP contribution in [-0.2, 0) is 4.79 Å². The molecule has 0 fully saturated rings. The molecule has 0 N–H and O–H groups in total. The van der Waals surface area contributed by atoms with Gasteiger partial charge >= 0.3 is 0 Å². The topological polar surface area (TPSA) is 60.2 Å². The highest BCUT2D eigenvalue weighted by molar-refractivity contribution is 6.08. The van der Waals surface area contributed by atoms with Crippen LogP contribution >= 0.6 is 0 Å². The summed E-state index contributed by atoms with van der Waals surface area (Å²) in [7, 11) is 0. The average Bonchev–Trinajstić information content (AvgIpc) is 2.53. The van der Waals surface area contributed by atoms with Gasteiger partial charge in [0, 0.05) is 12.1 Å². The Morgan fingerprint density at radius 1 is 1.05 bits per heavy atom. The van der Waals surface area contributed by atoms with E-state index in [4.69, 9.17) is 0 Å². The third-order valence-corrected chi connectivity index (χ3v) is 3.08. The zero-order chi connectivity index (χ0) is 15.9. The number of rotatable bonds is 5. The quantitative estimate of drug-likeness (QED) is 0.469. The molecular formula is C18H15NO3. The number of nitro groups is 1. The maximum atomic E-state index is 12.1. The molecule has 2 rings (SSSR count). The van der Waals surface area contributed by atoms with Crippen molar-refractivity contribution in [1.82, 2.24) is 0 Å². The molecule has 0 aliphatic carbocycles. The molecule has 4 nitrogen and oxygen atoms in total. The number of ketones is 1. The summed E-state index contributed by atoms with van der Waals surface area (Å²) in [6.07, 6.45) is 4.81. The number of benzene rings is 2. The summed E-state index contributed by atoms with van der Waals surface area (Å²) in [5.74, 6) is -0.129. The zero-order valence-electron chi connectivity index (χ0n) is 12.1. The van der Waals surface area contributed by atoms with Gasteiger partial charge in [-0.15, -0.1) is 0 Å². The van der Waals surface area contributed by atoms with Gasteiger partial charge in [0.15, 0.2) is 5.78 Å². The summed E-state index contributed by atoms with van der Waals surface area (Å²) in [6.45, 7) is 1.74. The van der Waals surface area contributed by atoms with Crippen molar-refractivity contribution in [2.45, 2.75) is 6.92 Å². The molecule has 0 bridgehead atoms. The van der Waals surface area contributed by atoms with E-state index in [-0.39, 0.29) is 11.5 Å². The minimum atomic E-state index is -0.459. The van der Waals surface area contributed by atoms with Crippen LogP contribution in [0.5, 0.6) is 0 Å². The molecule has 22 heavy (non-hydrogen) atoms.